The highest BCUT2D eigenvalue weighted by Gasteiger charge is 2.28. The van der Waals surface area contributed by atoms with Crippen molar-refractivity contribution in [3.8, 4) is 22.2 Å². The summed E-state index contributed by atoms with van der Waals surface area (Å²) in [6.45, 7) is 3.67. The number of carbonyl (C=O) groups is 1. The quantitative estimate of drug-likeness (QED) is 0.424. The molecule has 0 bridgehead atoms. The van der Waals surface area contributed by atoms with Crippen molar-refractivity contribution in [2.24, 2.45) is 0 Å². The van der Waals surface area contributed by atoms with Crippen LogP contribution in [0.4, 0.5) is 4.79 Å². The number of thiazole rings is 1. The average Bonchev–Trinajstić information content (AvgIpc) is 3.51. The van der Waals surface area contributed by atoms with E-state index in [0.29, 0.717) is 32.1 Å². The van der Waals surface area contributed by atoms with E-state index in [0.717, 1.165) is 61.5 Å². The van der Waals surface area contributed by atoms with Gasteiger partial charge in [-0.05, 0) is 36.8 Å². The number of alkyl carbamates (subject to hydrolysis) is 1. The van der Waals surface area contributed by atoms with Crippen molar-refractivity contribution in [1.29, 1.82) is 0 Å². The van der Waals surface area contributed by atoms with Crippen LogP contribution >= 0.6 is 11.3 Å². The predicted octanol–water partition coefficient (Wildman–Crippen LogP) is 4.43. The topological polar surface area (TPSA) is 105 Å². The highest BCUT2D eigenvalue weighted by Crippen LogP contribution is 2.41. The lowest BCUT2D eigenvalue weighted by Crippen LogP contribution is -2.37. The number of aryl methyl sites for hydroxylation is 1. The molecule has 1 atom stereocenters. The number of amides is 1. The van der Waals surface area contributed by atoms with Crippen LogP contribution < -0.4 is 14.8 Å². The minimum Gasteiger partial charge on any atom is -0.488 e. The standard InChI is InChI=1S/C26H26N4O5S/c1-14-9-18(23-20(10-14)29-22(32-2)13-27-23)25-30-19-3-4-21-17(24(19)36-25)11-16(34-21)12-28-26(31)35-15-5-7-33-8-6-15/h3-4,9-10,13,15-16H,5-8,11-12H2,1-2H3,(H,28,31)/t16-/m0/s1. The predicted molar refractivity (Wildman–Crippen MR) is 136 cm³/mol. The Hall–Kier alpha value is -3.50. The number of aromatic nitrogens is 3. The molecule has 0 aliphatic carbocycles. The van der Waals surface area contributed by atoms with Gasteiger partial charge in [0.05, 0.1) is 54.3 Å². The Labute approximate surface area is 211 Å². The van der Waals surface area contributed by atoms with Crippen molar-refractivity contribution in [2.45, 2.75) is 38.4 Å². The molecule has 0 spiro atoms. The van der Waals surface area contributed by atoms with Gasteiger partial charge in [-0.1, -0.05) is 0 Å². The summed E-state index contributed by atoms with van der Waals surface area (Å²) in [4.78, 5) is 26.3. The normalized spacial score (nSPS) is 17.7. The average molecular weight is 507 g/mol. The summed E-state index contributed by atoms with van der Waals surface area (Å²) in [5.74, 6) is 1.32. The van der Waals surface area contributed by atoms with Gasteiger partial charge in [-0.25, -0.2) is 19.7 Å². The molecular formula is C26H26N4O5S. The van der Waals surface area contributed by atoms with Gasteiger partial charge in [0.1, 0.15) is 23.0 Å². The van der Waals surface area contributed by atoms with Crippen molar-refractivity contribution < 1.29 is 23.7 Å². The third-order valence-electron chi connectivity index (χ3n) is 6.47. The van der Waals surface area contributed by atoms with Crippen LogP contribution in [0.25, 0.3) is 31.8 Å². The Morgan fingerprint density at radius 1 is 1.19 bits per heavy atom. The molecule has 0 saturated carbocycles. The summed E-state index contributed by atoms with van der Waals surface area (Å²) in [5.41, 5.74) is 5.62. The lowest BCUT2D eigenvalue weighted by Gasteiger charge is -2.22. The molecule has 36 heavy (non-hydrogen) atoms. The number of hydrogen-bond acceptors (Lipinski definition) is 9. The lowest BCUT2D eigenvalue weighted by atomic mass is 10.1. The molecule has 2 aliphatic heterocycles. The first-order valence-electron chi connectivity index (χ1n) is 12.0. The third kappa shape index (κ3) is 4.42. The SMILES string of the molecule is COc1cnc2c(-c3nc4ccc5c(c4s3)C[C@@H](CNC(=O)OC3CCOCC3)O5)cc(C)cc2n1. The number of methoxy groups -OCH3 is 1. The fourth-order valence-corrected chi connectivity index (χ4v) is 5.83. The van der Waals surface area contributed by atoms with E-state index in [9.17, 15) is 4.79 Å². The first kappa shape index (κ1) is 22.9. The van der Waals surface area contributed by atoms with Gasteiger partial charge in [-0.2, -0.15) is 0 Å². The van der Waals surface area contributed by atoms with Crippen molar-refractivity contribution in [3.63, 3.8) is 0 Å². The number of carbonyl (C=O) groups excluding carboxylic acids is 1. The summed E-state index contributed by atoms with van der Waals surface area (Å²) in [6.07, 6.45) is 3.15. The Bertz CT molecular complexity index is 1450. The Morgan fingerprint density at radius 3 is 2.89 bits per heavy atom. The van der Waals surface area contributed by atoms with Crippen LogP contribution in [0.1, 0.15) is 24.0 Å². The zero-order valence-electron chi connectivity index (χ0n) is 20.1. The fourth-order valence-electron chi connectivity index (χ4n) is 4.70. The number of rotatable bonds is 5. The van der Waals surface area contributed by atoms with E-state index in [4.69, 9.17) is 23.9 Å². The number of benzene rings is 2. The first-order valence-corrected chi connectivity index (χ1v) is 12.8. The Balaban J connectivity index is 1.22. The van der Waals surface area contributed by atoms with E-state index < -0.39 is 6.09 Å². The molecule has 1 fully saturated rings. The van der Waals surface area contributed by atoms with Gasteiger partial charge in [0.25, 0.3) is 0 Å². The molecule has 0 unspecified atom stereocenters. The van der Waals surface area contributed by atoms with Gasteiger partial charge in [0.2, 0.25) is 5.88 Å². The minimum atomic E-state index is -0.407. The number of hydrogen-bond donors (Lipinski definition) is 1. The molecule has 6 rings (SSSR count). The molecule has 1 amide bonds. The molecule has 2 aromatic heterocycles. The second-order valence-electron chi connectivity index (χ2n) is 9.04. The molecule has 0 radical (unpaired) electrons. The van der Waals surface area contributed by atoms with Crippen LogP contribution in [0, 0.1) is 6.92 Å². The number of nitrogens with zero attached hydrogens (tertiary/aromatic N) is 3. The van der Waals surface area contributed by atoms with Crippen LogP contribution in [0.5, 0.6) is 11.6 Å². The van der Waals surface area contributed by atoms with E-state index in [1.54, 1.807) is 24.6 Å². The van der Waals surface area contributed by atoms with Gasteiger partial charge in [0, 0.05) is 30.4 Å². The zero-order valence-corrected chi connectivity index (χ0v) is 20.9. The highest BCUT2D eigenvalue weighted by molar-refractivity contribution is 7.22. The molecule has 1 saturated heterocycles. The van der Waals surface area contributed by atoms with E-state index in [1.165, 1.54) is 0 Å². The monoisotopic (exact) mass is 506 g/mol. The summed E-state index contributed by atoms with van der Waals surface area (Å²) in [6, 6.07) is 8.03. The number of ether oxygens (including phenoxy) is 4. The first-order chi connectivity index (χ1) is 17.6. The summed E-state index contributed by atoms with van der Waals surface area (Å²) in [7, 11) is 1.58. The summed E-state index contributed by atoms with van der Waals surface area (Å²) in [5, 5.41) is 3.74. The maximum Gasteiger partial charge on any atom is 0.407 e. The molecule has 2 aliphatic rings. The van der Waals surface area contributed by atoms with Gasteiger partial charge in [0.15, 0.2) is 0 Å². The smallest absolute Gasteiger partial charge is 0.407 e. The maximum atomic E-state index is 12.2. The Morgan fingerprint density at radius 2 is 2.06 bits per heavy atom. The Kier molecular flexibility index (Phi) is 6.06. The largest absolute Gasteiger partial charge is 0.488 e. The van der Waals surface area contributed by atoms with Crippen molar-refractivity contribution in [3.05, 3.63) is 41.6 Å². The van der Waals surface area contributed by atoms with E-state index >= 15 is 0 Å². The molecule has 9 nitrogen and oxygen atoms in total. The van der Waals surface area contributed by atoms with E-state index in [-0.39, 0.29) is 12.2 Å². The number of fused-ring (bicyclic) bond motifs is 4. The molecule has 186 valence electrons. The highest BCUT2D eigenvalue weighted by atomic mass is 32.1. The lowest BCUT2D eigenvalue weighted by molar-refractivity contribution is 0.00105. The van der Waals surface area contributed by atoms with Gasteiger partial charge >= 0.3 is 6.09 Å². The fraction of sp³-hybridized carbons (Fsp3) is 0.385. The second-order valence-corrected chi connectivity index (χ2v) is 10.0. The molecule has 4 heterocycles. The number of nitrogens with one attached hydrogen (secondary N) is 1. The van der Waals surface area contributed by atoms with Crippen molar-refractivity contribution in [1.82, 2.24) is 20.3 Å². The molecular weight excluding hydrogens is 480 g/mol. The second kappa shape index (κ2) is 9.51. The van der Waals surface area contributed by atoms with Gasteiger partial charge in [-0.15, -0.1) is 11.3 Å². The zero-order chi connectivity index (χ0) is 24.6. The van der Waals surface area contributed by atoms with Crippen LogP contribution in [0.3, 0.4) is 0 Å². The van der Waals surface area contributed by atoms with Crippen LogP contribution in [-0.4, -0.2) is 60.1 Å². The molecule has 4 aromatic rings. The summed E-state index contributed by atoms with van der Waals surface area (Å²) >= 11 is 1.62. The van der Waals surface area contributed by atoms with Crippen LogP contribution in [0.2, 0.25) is 0 Å². The molecule has 10 heteroatoms. The van der Waals surface area contributed by atoms with Gasteiger partial charge < -0.3 is 24.3 Å². The van der Waals surface area contributed by atoms with E-state index in [1.807, 2.05) is 25.1 Å². The van der Waals surface area contributed by atoms with Crippen molar-refractivity contribution in [2.75, 3.05) is 26.9 Å². The summed E-state index contributed by atoms with van der Waals surface area (Å²) < 4.78 is 23.3. The molecule has 1 N–H and O–H groups in total. The van der Waals surface area contributed by atoms with Crippen molar-refractivity contribution >= 4 is 38.7 Å². The van der Waals surface area contributed by atoms with E-state index in [2.05, 4.69) is 21.4 Å². The van der Waals surface area contributed by atoms with Crippen LogP contribution in [-0.2, 0) is 15.9 Å². The maximum absolute atomic E-state index is 12.2. The van der Waals surface area contributed by atoms with Gasteiger partial charge in [-0.3, -0.25) is 0 Å². The minimum absolute atomic E-state index is 0.0841. The van der Waals surface area contributed by atoms with Crippen LogP contribution in [0.15, 0.2) is 30.5 Å². The molecule has 2 aromatic carbocycles. The third-order valence-corrected chi connectivity index (χ3v) is 7.63.